The quantitative estimate of drug-likeness (QED) is 0.834. The van der Waals surface area contributed by atoms with Crippen LogP contribution in [0, 0.1) is 0 Å². The Balaban J connectivity index is 1.46. The van der Waals surface area contributed by atoms with Gasteiger partial charge in [-0.3, -0.25) is 9.69 Å². The van der Waals surface area contributed by atoms with Gasteiger partial charge < -0.3 is 9.64 Å². The van der Waals surface area contributed by atoms with Crippen LogP contribution in [0.4, 0.5) is 4.39 Å². The maximum atomic E-state index is 14.1. The van der Waals surface area contributed by atoms with E-state index < -0.39 is 12.2 Å². The molecule has 0 saturated carbocycles. The number of nitrogens with zero attached hydrogens (tertiary/aromatic N) is 4. The summed E-state index contributed by atoms with van der Waals surface area (Å²) in [6.07, 6.45) is 3.03. The van der Waals surface area contributed by atoms with Gasteiger partial charge in [0.2, 0.25) is 5.91 Å². The molecule has 2 aliphatic heterocycles. The lowest BCUT2D eigenvalue weighted by atomic mass is 10.1. The lowest BCUT2D eigenvalue weighted by Crippen LogP contribution is -2.49. The second kappa shape index (κ2) is 7.55. The van der Waals surface area contributed by atoms with Crippen molar-refractivity contribution in [3.8, 4) is 5.69 Å². The molecule has 2 aromatic rings. The van der Waals surface area contributed by atoms with Gasteiger partial charge in [0.25, 0.3) is 0 Å². The zero-order valence-corrected chi connectivity index (χ0v) is 14.6. The minimum absolute atomic E-state index is 0.0175. The molecule has 2 fully saturated rings. The fraction of sp³-hybridized carbons (Fsp3) is 0.474. The van der Waals surface area contributed by atoms with Crippen LogP contribution in [0.3, 0.4) is 0 Å². The Bertz CT molecular complexity index is 745. The molecular weight excluding hydrogens is 335 g/mol. The van der Waals surface area contributed by atoms with E-state index >= 15 is 0 Å². The molecule has 1 amide bonds. The summed E-state index contributed by atoms with van der Waals surface area (Å²) in [6.45, 7) is 3.10. The Hall–Kier alpha value is -2.25. The Morgan fingerprint density at radius 3 is 2.77 bits per heavy atom. The summed E-state index contributed by atoms with van der Waals surface area (Å²) >= 11 is 0. The molecular formula is C19H23FN4O2. The molecule has 2 saturated heterocycles. The van der Waals surface area contributed by atoms with Crippen molar-refractivity contribution in [2.45, 2.75) is 25.2 Å². The number of halogens is 1. The summed E-state index contributed by atoms with van der Waals surface area (Å²) in [5, 5.41) is 4.39. The SMILES string of the molecule is O=C([C@@H]1C[C@@H](F)CN1Cc1cnn(-c2ccccc2)c1)N1CCOCC1. The first-order valence-corrected chi connectivity index (χ1v) is 9.04. The second-order valence-corrected chi connectivity index (χ2v) is 6.84. The molecule has 7 heteroatoms. The Labute approximate surface area is 152 Å². The van der Waals surface area contributed by atoms with Crippen molar-refractivity contribution in [2.24, 2.45) is 0 Å². The van der Waals surface area contributed by atoms with Gasteiger partial charge in [0, 0.05) is 44.4 Å². The van der Waals surface area contributed by atoms with Crippen molar-refractivity contribution in [3.05, 3.63) is 48.3 Å². The standard InChI is InChI=1S/C19H23FN4O2/c20-16-10-18(19(25)22-6-8-26-9-7-22)23(14-16)12-15-11-21-24(13-15)17-4-2-1-3-5-17/h1-5,11,13,16,18H,6-10,12,14H2/t16-,18+/m1/s1. The van der Waals surface area contributed by atoms with Gasteiger partial charge in [-0.05, 0) is 12.1 Å². The van der Waals surface area contributed by atoms with Gasteiger partial charge >= 0.3 is 0 Å². The van der Waals surface area contributed by atoms with Crippen molar-refractivity contribution in [1.29, 1.82) is 0 Å². The highest BCUT2D eigenvalue weighted by molar-refractivity contribution is 5.82. The van der Waals surface area contributed by atoms with Crippen molar-refractivity contribution in [1.82, 2.24) is 19.6 Å². The number of aromatic nitrogens is 2. The number of alkyl halides is 1. The molecule has 1 aromatic heterocycles. The number of benzene rings is 1. The largest absolute Gasteiger partial charge is 0.378 e. The van der Waals surface area contributed by atoms with E-state index in [4.69, 9.17) is 4.74 Å². The van der Waals surface area contributed by atoms with Crippen molar-refractivity contribution in [2.75, 3.05) is 32.8 Å². The highest BCUT2D eigenvalue weighted by Gasteiger charge is 2.39. The first-order valence-electron chi connectivity index (χ1n) is 9.04. The zero-order valence-electron chi connectivity index (χ0n) is 14.6. The number of rotatable bonds is 4. The van der Waals surface area contributed by atoms with Gasteiger partial charge in [0.15, 0.2) is 0 Å². The van der Waals surface area contributed by atoms with Gasteiger partial charge in [0.1, 0.15) is 6.17 Å². The van der Waals surface area contributed by atoms with E-state index in [0.29, 0.717) is 32.8 Å². The third-order valence-electron chi connectivity index (χ3n) is 5.00. The lowest BCUT2D eigenvalue weighted by Gasteiger charge is -2.32. The number of carbonyl (C=O) groups excluding carboxylic acids is 1. The molecule has 0 N–H and O–H groups in total. The number of ether oxygens (including phenoxy) is 1. The van der Waals surface area contributed by atoms with Crippen LogP contribution in [0.1, 0.15) is 12.0 Å². The normalized spacial score (nSPS) is 24.1. The average Bonchev–Trinajstić information content (AvgIpc) is 3.29. The monoisotopic (exact) mass is 358 g/mol. The van der Waals surface area contributed by atoms with Gasteiger partial charge in [-0.2, -0.15) is 5.10 Å². The third kappa shape index (κ3) is 3.64. The summed E-state index contributed by atoms with van der Waals surface area (Å²) in [5.41, 5.74) is 1.95. The average molecular weight is 358 g/mol. The van der Waals surface area contributed by atoms with E-state index in [0.717, 1.165) is 11.3 Å². The first kappa shape index (κ1) is 17.2. The van der Waals surface area contributed by atoms with E-state index in [9.17, 15) is 9.18 Å². The summed E-state index contributed by atoms with van der Waals surface area (Å²) in [5.74, 6) is 0.0175. The number of hydrogen-bond acceptors (Lipinski definition) is 4. The minimum Gasteiger partial charge on any atom is -0.378 e. The number of hydrogen-bond donors (Lipinski definition) is 0. The number of likely N-dealkylation sites (tertiary alicyclic amines) is 1. The van der Waals surface area contributed by atoms with Crippen LogP contribution >= 0.6 is 0 Å². The van der Waals surface area contributed by atoms with E-state index in [1.54, 1.807) is 15.8 Å². The minimum atomic E-state index is -0.964. The molecule has 26 heavy (non-hydrogen) atoms. The topological polar surface area (TPSA) is 50.6 Å². The summed E-state index contributed by atoms with van der Waals surface area (Å²) in [6, 6.07) is 9.44. The van der Waals surface area contributed by atoms with Crippen molar-refractivity contribution >= 4 is 5.91 Å². The molecule has 6 nitrogen and oxygen atoms in total. The molecule has 138 valence electrons. The third-order valence-corrected chi connectivity index (χ3v) is 5.00. The van der Waals surface area contributed by atoms with Crippen molar-refractivity contribution in [3.63, 3.8) is 0 Å². The molecule has 0 bridgehead atoms. The Kier molecular flexibility index (Phi) is 4.99. The number of para-hydroxylation sites is 1. The summed E-state index contributed by atoms with van der Waals surface area (Å²) in [7, 11) is 0. The molecule has 1 aromatic carbocycles. The maximum absolute atomic E-state index is 14.1. The van der Waals surface area contributed by atoms with Crippen LogP contribution in [-0.4, -0.2) is 70.5 Å². The van der Waals surface area contributed by atoms with Gasteiger partial charge in [0.05, 0.1) is 31.1 Å². The van der Waals surface area contributed by atoms with Crippen LogP contribution < -0.4 is 0 Å². The van der Waals surface area contributed by atoms with E-state index in [-0.39, 0.29) is 18.9 Å². The molecule has 0 aliphatic carbocycles. The molecule has 0 radical (unpaired) electrons. The predicted octanol–water partition coefficient (Wildman–Crippen LogP) is 1.64. The highest BCUT2D eigenvalue weighted by Crippen LogP contribution is 2.25. The van der Waals surface area contributed by atoms with Crippen molar-refractivity contribution < 1.29 is 13.9 Å². The summed E-state index contributed by atoms with van der Waals surface area (Å²) < 4.78 is 21.2. The molecule has 2 atom stereocenters. The summed E-state index contributed by atoms with van der Waals surface area (Å²) in [4.78, 5) is 16.6. The number of morpholine rings is 1. The van der Waals surface area contributed by atoms with E-state index in [1.807, 2.05) is 41.4 Å². The molecule has 4 rings (SSSR count). The Morgan fingerprint density at radius 2 is 2.00 bits per heavy atom. The van der Waals surface area contributed by atoms with Crippen LogP contribution in [0.2, 0.25) is 0 Å². The van der Waals surface area contributed by atoms with Crippen LogP contribution in [0.5, 0.6) is 0 Å². The van der Waals surface area contributed by atoms with Gasteiger partial charge in [-0.1, -0.05) is 18.2 Å². The molecule has 3 heterocycles. The van der Waals surface area contributed by atoms with Crippen LogP contribution in [0.15, 0.2) is 42.7 Å². The van der Waals surface area contributed by atoms with Crippen LogP contribution in [0.25, 0.3) is 5.69 Å². The zero-order chi connectivity index (χ0) is 17.9. The number of amides is 1. The van der Waals surface area contributed by atoms with E-state index in [2.05, 4.69) is 5.10 Å². The van der Waals surface area contributed by atoms with Gasteiger partial charge in [-0.25, -0.2) is 9.07 Å². The van der Waals surface area contributed by atoms with Crippen LogP contribution in [-0.2, 0) is 16.1 Å². The van der Waals surface area contributed by atoms with E-state index in [1.165, 1.54) is 0 Å². The van der Waals surface area contributed by atoms with Gasteiger partial charge in [-0.15, -0.1) is 0 Å². The molecule has 0 spiro atoms. The fourth-order valence-electron chi connectivity index (χ4n) is 3.67. The highest BCUT2D eigenvalue weighted by atomic mass is 19.1. The first-order chi connectivity index (χ1) is 12.7. The lowest BCUT2D eigenvalue weighted by molar-refractivity contribution is -0.140. The smallest absolute Gasteiger partial charge is 0.240 e. The Morgan fingerprint density at radius 1 is 1.23 bits per heavy atom. The molecule has 0 unspecified atom stereocenters. The maximum Gasteiger partial charge on any atom is 0.240 e. The predicted molar refractivity (Wildman–Crippen MR) is 94.7 cm³/mol. The fourth-order valence-corrected chi connectivity index (χ4v) is 3.67. The molecule has 2 aliphatic rings. The second-order valence-electron chi connectivity index (χ2n) is 6.84. The number of carbonyl (C=O) groups is 1.